The maximum absolute atomic E-state index is 12.2. The van der Waals surface area contributed by atoms with Crippen LogP contribution in [0.1, 0.15) is 25.7 Å². The smallest absolute Gasteiger partial charge is 0.240 e. The first kappa shape index (κ1) is 20.2. The average molecular weight is 397 g/mol. The molecular weight excluding hydrogens is 378 g/mol. The normalized spacial score (nSPS) is 11.3. The molecule has 8 heteroatoms. The van der Waals surface area contributed by atoms with E-state index in [9.17, 15) is 18.3 Å². The minimum absolute atomic E-state index is 0.0142. The van der Waals surface area contributed by atoms with E-state index in [1.165, 1.54) is 12.1 Å². The largest absolute Gasteiger partial charge is 0.550 e. The van der Waals surface area contributed by atoms with E-state index in [1.807, 2.05) is 0 Å². The lowest BCUT2D eigenvalue weighted by Crippen LogP contribution is -2.25. The monoisotopic (exact) mass is 396 g/mol. The summed E-state index contributed by atoms with van der Waals surface area (Å²) in [6.07, 6.45) is 1.62. The van der Waals surface area contributed by atoms with E-state index in [0.29, 0.717) is 35.8 Å². The summed E-state index contributed by atoms with van der Waals surface area (Å²) in [6, 6.07) is 13.0. The first-order chi connectivity index (χ1) is 12.4. The number of carbonyl (C=O) groups is 1. The van der Waals surface area contributed by atoms with Gasteiger partial charge in [0.2, 0.25) is 10.0 Å². The fourth-order valence-electron chi connectivity index (χ4n) is 2.20. The number of halogens is 1. The molecule has 6 nitrogen and oxygen atoms in total. The Morgan fingerprint density at radius 3 is 2.38 bits per heavy atom. The summed E-state index contributed by atoms with van der Waals surface area (Å²) in [7, 11) is -3.62. The summed E-state index contributed by atoms with van der Waals surface area (Å²) in [6.45, 7) is 0.243. The third-order valence-electron chi connectivity index (χ3n) is 3.55. The van der Waals surface area contributed by atoms with Crippen molar-refractivity contribution in [1.82, 2.24) is 4.72 Å². The molecule has 2 aromatic rings. The number of carboxylic acids is 1. The van der Waals surface area contributed by atoms with Crippen molar-refractivity contribution in [2.24, 2.45) is 0 Å². The minimum atomic E-state index is -3.62. The highest BCUT2D eigenvalue weighted by Gasteiger charge is 2.13. The molecule has 0 aliphatic heterocycles. The summed E-state index contributed by atoms with van der Waals surface area (Å²) < 4.78 is 32.5. The van der Waals surface area contributed by atoms with Crippen LogP contribution in [0.5, 0.6) is 11.5 Å². The number of carbonyl (C=O) groups excluding carboxylic acids is 1. The molecule has 0 aliphatic rings. The van der Waals surface area contributed by atoms with E-state index in [1.54, 1.807) is 36.4 Å². The number of aliphatic carboxylic acids is 1. The van der Waals surface area contributed by atoms with Crippen molar-refractivity contribution in [3.05, 3.63) is 53.6 Å². The maximum atomic E-state index is 12.2. The second kappa shape index (κ2) is 9.56. The maximum Gasteiger partial charge on any atom is 0.240 e. The SMILES string of the molecule is O=C([O-])CCCCCNS(=O)(=O)c1ccc(Oc2ccccc2Cl)cc1. The molecule has 0 unspecified atom stereocenters. The second-order valence-corrected chi connectivity index (χ2v) is 7.76. The molecule has 140 valence electrons. The van der Waals surface area contributed by atoms with Crippen LogP contribution in [0.2, 0.25) is 5.02 Å². The summed E-state index contributed by atoms with van der Waals surface area (Å²) in [5.74, 6) is -0.136. The molecule has 0 amide bonds. The van der Waals surface area contributed by atoms with E-state index in [2.05, 4.69) is 4.72 Å². The van der Waals surface area contributed by atoms with Crippen molar-refractivity contribution >= 4 is 27.6 Å². The Morgan fingerprint density at radius 2 is 1.73 bits per heavy atom. The molecule has 2 aromatic carbocycles. The van der Waals surface area contributed by atoms with Crippen LogP contribution in [0, 0.1) is 0 Å². The second-order valence-electron chi connectivity index (χ2n) is 5.58. The number of hydrogen-bond acceptors (Lipinski definition) is 5. The zero-order valence-electron chi connectivity index (χ0n) is 14.0. The number of ether oxygens (including phenoxy) is 1. The summed E-state index contributed by atoms with van der Waals surface area (Å²) in [5.41, 5.74) is 0. The Balaban J connectivity index is 1.88. The quantitative estimate of drug-likeness (QED) is 0.623. The van der Waals surface area contributed by atoms with Crippen molar-refractivity contribution in [2.45, 2.75) is 30.6 Å². The molecule has 0 radical (unpaired) electrons. The first-order valence-corrected chi connectivity index (χ1v) is 9.96. The summed E-state index contributed by atoms with van der Waals surface area (Å²) >= 11 is 6.02. The summed E-state index contributed by atoms with van der Waals surface area (Å²) in [4.78, 5) is 10.4. The molecule has 0 saturated carbocycles. The Bertz CT molecular complexity index is 837. The Morgan fingerprint density at radius 1 is 1.04 bits per heavy atom. The van der Waals surface area contributed by atoms with E-state index in [0.717, 1.165) is 0 Å². The van der Waals surface area contributed by atoms with Crippen molar-refractivity contribution in [3.8, 4) is 11.5 Å². The van der Waals surface area contributed by atoms with E-state index in [4.69, 9.17) is 16.3 Å². The molecule has 0 spiro atoms. The number of rotatable bonds is 10. The lowest BCUT2D eigenvalue weighted by molar-refractivity contribution is -0.305. The molecule has 0 heterocycles. The number of carboxylic acid groups (broad SMARTS) is 1. The van der Waals surface area contributed by atoms with Gasteiger partial charge in [-0.05, 0) is 55.7 Å². The van der Waals surface area contributed by atoms with Gasteiger partial charge >= 0.3 is 0 Å². The van der Waals surface area contributed by atoms with Crippen LogP contribution in [0.25, 0.3) is 0 Å². The van der Waals surface area contributed by atoms with Gasteiger partial charge in [-0.15, -0.1) is 0 Å². The van der Waals surface area contributed by atoms with Gasteiger partial charge in [0.05, 0.1) is 9.92 Å². The van der Waals surface area contributed by atoms with Crippen LogP contribution < -0.4 is 14.6 Å². The van der Waals surface area contributed by atoms with Gasteiger partial charge in [0, 0.05) is 12.5 Å². The van der Waals surface area contributed by atoms with Gasteiger partial charge in [-0.2, -0.15) is 0 Å². The number of nitrogens with one attached hydrogen (secondary N) is 1. The first-order valence-electron chi connectivity index (χ1n) is 8.10. The molecule has 0 aliphatic carbocycles. The van der Waals surface area contributed by atoms with Gasteiger partial charge in [-0.3, -0.25) is 0 Å². The number of para-hydroxylation sites is 1. The fraction of sp³-hybridized carbons (Fsp3) is 0.278. The molecule has 0 fully saturated rings. The van der Waals surface area contributed by atoms with Crippen molar-refractivity contribution < 1.29 is 23.1 Å². The van der Waals surface area contributed by atoms with Crippen LogP contribution in [0.15, 0.2) is 53.4 Å². The molecule has 0 saturated heterocycles. The van der Waals surface area contributed by atoms with Gasteiger partial charge in [0.1, 0.15) is 11.5 Å². The van der Waals surface area contributed by atoms with Crippen molar-refractivity contribution in [1.29, 1.82) is 0 Å². The van der Waals surface area contributed by atoms with E-state index >= 15 is 0 Å². The number of hydrogen-bond donors (Lipinski definition) is 1. The van der Waals surface area contributed by atoms with Crippen LogP contribution in [-0.2, 0) is 14.8 Å². The Hall–Kier alpha value is -2.09. The fourth-order valence-corrected chi connectivity index (χ4v) is 3.45. The third kappa shape index (κ3) is 6.33. The molecule has 0 atom stereocenters. The van der Waals surface area contributed by atoms with Crippen LogP contribution in [0.3, 0.4) is 0 Å². The van der Waals surface area contributed by atoms with Gasteiger partial charge in [0.25, 0.3) is 0 Å². The van der Waals surface area contributed by atoms with Crippen LogP contribution >= 0.6 is 11.6 Å². The Kier molecular flexibility index (Phi) is 7.44. The minimum Gasteiger partial charge on any atom is -0.550 e. The molecule has 2 rings (SSSR count). The standard InChI is InChI=1S/C18H20ClNO5S/c19-16-6-3-4-7-17(16)25-14-9-11-15(12-10-14)26(23,24)20-13-5-1-2-8-18(21)22/h3-4,6-7,9-12,20H,1-2,5,8,13H2,(H,21,22)/p-1. The molecule has 0 aromatic heterocycles. The highest BCUT2D eigenvalue weighted by Crippen LogP contribution is 2.29. The predicted octanol–water partition coefficient (Wildman–Crippen LogP) is 2.72. The van der Waals surface area contributed by atoms with Crippen LogP contribution in [-0.4, -0.2) is 20.9 Å². The molecular formula is C18H19ClNO5S-. The zero-order valence-corrected chi connectivity index (χ0v) is 15.6. The number of unbranched alkanes of at least 4 members (excludes halogenated alkanes) is 2. The Labute approximate surface area is 157 Å². The van der Waals surface area contributed by atoms with E-state index in [-0.39, 0.29) is 17.9 Å². The average Bonchev–Trinajstić information content (AvgIpc) is 2.60. The number of sulfonamides is 1. The molecule has 0 bridgehead atoms. The lowest BCUT2D eigenvalue weighted by atomic mass is 10.2. The zero-order chi connectivity index (χ0) is 19.0. The van der Waals surface area contributed by atoms with Gasteiger partial charge < -0.3 is 14.6 Å². The van der Waals surface area contributed by atoms with E-state index < -0.39 is 16.0 Å². The van der Waals surface area contributed by atoms with Crippen LogP contribution in [0.4, 0.5) is 0 Å². The van der Waals surface area contributed by atoms with Gasteiger partial charge in [0.15, 0.2) is 0 Å². The number of benzene rings is 2. The summed E-state index contributed by atoms with van der Waals surface area (Å²) in [5, 5.41) is 10.8. The molecule has 26 heavy (non-hydrogen) atoms. The highest BCUT2D eigenvalue weighted by atomic mass is 35.5. The van der Waals surface area contributed by atoms with Gasteiger partial charge in [-0.25, -0.2) is 13.1 Å². The third-order valence-corrected chi connectivity index (χ3v) is 5.34. The highest BCUT2D eigenvalue weighted by molar-refractivity contribution is 7.89. The molecule has 1 N–H and O–H groups in total. The predicted molar refractivity (Wildman–Crippen MR) is 96.6 cm³/mol. The van der Waals surface area contributed by atoms with Crippen molar-refractivity contribution in [3.63, 3.8) is 0 Å². The lowest BCUT2D eigenvalue weighted by Gasteiger charge is -2.09. The van der Waals surface area contributed by atoms with Crippen molar-refractivity contribution in [2.75, 3.05) is 6.54 Å². The van der Waals surface area contributed by atoms with Gasteiger partial charge in [-0.1, -0.05) is 30.2 Å². The topological polar surface area (TPSA) is 95.5 Å².